The van der Waals surface area contributed by atoms with E-state index in [0.717, 1.165) is 24.9 Å². The van der Waals surface area contributed by atoms with Crippen LogP contribution in [0.4, 0.5) is 0 Å². The smallest absolute Gasteiger partial charge is 0.158 e. The molecule has 20 heavy (non-hydrogen) atoms. The molecule has 0 bridgehead atoms. The molecule has 0 heterocycles. The lowest BCUT2D eigenvalue weighted by Crippen LogP contribution is -2.44. The largest absolute Gasteiger partial charge is 0.313 e. The summed E-state index contributed by atoms with van der Waals surface area (Å²) in [7, 11) is -3.13. The summed E-state index contributed by atoms with van der Waals surface area (Å²) in [6, 6.07) is 9.51. The fraction of sp³-hybridized carbons (Fsp3) is 0.625. The molecule has 0 saturated carbocycles. The average molecular weight is 297 g/mol. The van der Waals surface area contributed by atoms with Crippen LogP contribution >= 0.6 is 0 Å². The van der Waals surface area contributed by atoms with Crippen LogP contribution in [0.5, 0.6) is 0 Å². The summed E-state index contributed by atoms with van der Waals surface area (Å²) >= 11 is 0. The molecule has 0 amide bonds. The van der Waals surface area contributed by atoms with Gasteiger partial charge in [-0.25, -0.2) is 8.42 Å². The molecule has 2 unspecified atom stereocenters. The van der Waals surface area contributed by atoms with E-state index in [9.17, 15) is 8.42 Å². The van der Waals surface area contributed by atoms with E-state index >= 15 is 0 Å². The van der Waals surface area contributed by atoms with E-state index in [2.05, 4.69) is 12.2 Å². The van der Waals surface area contributed by atoms with Crippen LogP contribution in [0.3, 0.4) is 0 Å². The van der Waals surface area contributed by atoms with Crippen LogP contribution in [0, 0.1) is 0 Å². The first-order valence-electron chi connectivity index (χ1n) is 7.54. The summed E-state index contributed by atoms with van der Waals surface area (Å²) < 4.78 is 25.4. The summed E-state index contributed by atoms with van der Waals surface area (Å²) in [5.74, 6) is 0.137. The molecule has 114 valence electrons. The second kappa shape index (κ2) is 8.42. The van der Waals surface area contributed by atoms with Crippen molar-refractivity contribution in [2.24, 2.45) is 0 Å². The van der Waals surface area contributed by atoms with Crippen molar-refractivity contribution in [1.29, 1.82) is 0 Å². The zero-order valence-corrected chi connectivity index (χ0v) is 13.6. The molecule has 0 radical (unpaired) electrons. The quantitative estimate of drug-likeness (QED) is 0.761. The van der Waals surface area contributed by atoms with E-state index in [0.29, 0.717) is 6.42 Å². The predicted octanol–water partition coefficient (Wildman–Crippen LogP) is 3.16. The maximum atomic E-state index is 12.7. The third-order valence-corrected chi connectivity index (χ3v) is 5.91. The van der Waals surface area contributed by atoms with Gasteiger partial charge in [-0.15, -0.1) is 0 Å². The van der Waals surface area contributed by atoms with E-state index in [1.165, 1.54) is 0 Å². The van der Waals surface area contributed by atoms with Gasteiger partial charge in [0, 0.05) is 6.04 Å². The van der Waals surface area contributed by atoms with Gasteiger partial charge in [-0.05, 0) is 24.9 Å². The Balaban J connectivity index is 2.90. The average Bonchev–Trinajstić information content (AvgIpc) is 2.40. The Kier molecular flexibility index (Phi) is 7.24. The highest BCUT2D eigenvalue weighted by Gasteiger charge is 2.30. The minimum absolute atomic E-state index is 0.0590. The SMILES string of the molecule is CCCC(NCC)C(CC)S(=O)(=O)Cc1ccccc1. The van der Waals surface area contributed by atoms with Crippen LogP contribution < -0.4 is 5.32 Å². The third kappa shape index (κ3) is 4.91. The molecule has 1 aromatic carbocycles. The molecular formula is C16H27NO2S. The molecule has 0 aliphatic heterocycles. The topological polar surface area (TPSA) is 46.2 Å². The number of nitrogens with one attached hydrogen (secondary N) is 1. The summed E-state index contributed by atoms with van der Waals surface area (Å²) in [6.07, 6.45) is 2.56. The van der Waals surface area contributed by atoms with Gasteiger partial charge >= 0.3 is 0 Å². The molecule has 0 fully saturated rings. The van der Waals surface area contributed by atoms with E-state index in [1.54, 1.807) is 0 Å². The fourth-order valence-electron chi connectivity index (χ4n) is 2.69. The number of hydrogen-bond acceptors (Lipinski definition) is 3. The molecular weight excluding hydrogens is 270 g/mol. The molecule has 2 atom stereocenters. The van der Waals surface area contributed by atoms with E-state index in [1.807, 2.05) is 44.2 Å². The monoisotopic (exact) mass is 297 g/mol. The van der Waals surface area contributed by atoms with Gasteiger partial charge in [0.05, 0.1) is 11.0 Å². The van der Waals surface area contributed by atoms with Crippen molar-refractivity contribution in [3.63, 3.8) is 0 Å². The lowest BCUT2D eigenvalue weighted by atomic mass is 10.1. The molecule has 0 spiro atoms. The minimum Gasteiger partial charge on any atom is -0.313 e. The Labute approximate surface area is 123 Å². The van der Waals surface area contributed by atoms with Gasteiger partial charge in [0.25, 0.3) is 0 Å². The molecule has 4 heteroatoms. The van der Waals surface area contributed by atoms with Gasteiger partial charge in [-0.3, -0.25) is 0 Å². The lowest BCUT2D eigenvalue weighted by Gasteiger charge is -2.26. The van der Waals surface area contributed by atoms with Gasteiger partial charge in [0.1, 0.15) is 0 Å². The number of benzene rings is 1. The fourth-order valence-corrected chi connectivity index (χ4v) is 4.81. The molecule has 0 saturated heterocycles. The Morgan fingerprint density at radius 3 is 2.25 bits per heavy atom. The molecule has 3 nitrogen and oxygen atoms in total. The predicted molar refractivity (Wildman–Crippen MR) is 85.5 cm³/mol. The zero-order chi connectivity index (χ0) is 15.0. The summed E-state index contributed by atoms with van der Waals surface area (Å²) in [4.78, 5) is 0. The second-order valence-electron chi connectivity index (χ2n) is 5.19. The van der Waals surface area contributed by atoms with Gasteiger partial charge in [-0.2, -0.15) is 0 Å². The van der Waals surface area contributed by atoms with Crippen molar-refractivity contribution < 1.29 is 8.42 Å². The number of hydrogen-bond donors (Lipinski definition) is 1. The van der Waals surface area contributed by atoms with Crippen LogP contribution in [0.2, 0.25) is 0 Å². The van der Waals surface area contributed by atoms with Crippen molar-refractivity contribution >= 4 is 9.84 Å². The van der Waals surface area contributed by atoms with Crippen LogP contribution in [0.15, 0.2) is 30.3 Å². The van der Waals surface area contributed by atoms with Crippen molar-refractivity contribution in [3.05, 3.63) is 35.9 Å². The van der Waals surface area contributed by atoms with Crippen LogP contribution in [-0.2, 0) is 15.6 Å². The molecule has 0 aromatic heterocycles. The maximum absolute atomic E-state index is 12.7. The Morgan fingerprint density at radius 2 is 1.75 bits per heavy atom. The van der Waals surface area contributed by atoms with Crippen molar-refractivity contribution in [2.75, 3.05) is 6.54 Å². The Bertz CT molecular complexity index is 465. The molecule has 1 N–H and O–H groups in total. The first kappa shape index (κ1) is 17.2. The third-order valence-electron chi connectivity index (χ3n) is 3.59. The Morgan fingerprint density at radius 1 is 1.10 bits per heavy atom. The molecule has 0 aliphatic rings. The highest BCUT2D eigenvalue weighted by atomic mass is 32.2. The van der Waals surface area contributed by atoms with Crippen LogP contribution in [0.25, 0.3) is 0 Å². The van der Waals surface area contributed by atoms with Crippen molar-refractivity contribution in [2.45, 2.75) is 57.1 Å². The van der Waals surface area contributed by atoms with E-state index in [-0.39, 0.29) is 17.0 Å². The zero-order valence-electron chi connectivity index (χ0n) is 12.8. The highest BCUT2D eigenvalue weighted by Crippen LogP contribution is 2.19. The summed E-state index contributed by atoms with van der Waals surface area (Å²) in [6.45, 7) is 6.90. The minimum atomic E-state index is -3.13. The second-order valence-corrected chi connectivity index (χ2v) is 7.41. The van der Waals surface area contributed by atoms with Gasteiger partial charge < -0.3 is 5.32 Å². The van der Waals surface area contributed by atoms with E-state index < -0.39 is 9.84 Å². The Hall–Kier alpha value is -0.870. The van der Waals surface area contributed by atoms with Gasteiger partial charge in [0.2, 0.25) is 0 Å². The standard InChI is InChI=1S/C16H27NO2S/c1-4-10-15(17-6-3)16(5-2)20(18,19)13-14-11-8-7-9-12-14/h7-9,11-12,15-17H,4-6,10,13H2,1-3H3. The van der Waals surface area contributed by atoms with Crippen molar-refractivity contribution in [3.8, 4) is 0 Å². The van der Waals surface area contributed by atoms with Crippen molar-refractivity contribution in [1.82, 2.24) is 5.32 Å². The number of rotatable bonds is 9. The van der Waals surface area contributed by atoms with Gasteiger partial charge in [0.15, 0.2) is 9.84 Å². The number of sulfone groups is 1. The van der Waals surface area contributed by atoms with Crippen LogP contribution in [0.1, 0.15) is 45.6 Å². The first-order chi connectivity index (χ1) is 9.55. The normalized spacial score (nSPS) is 14.9. The lowest BCUT2D eigenvalue weighted by molar-refractivity contribution is 0.445. The summed E-state index contributed by atoms with van der Waals surface area (Å²) in [5.41, 5.74) is 0.873. The molecule has 0 aliphatic carbocycles. The maximum Gasteiger partial charge on any atom is 0.158 e. The highest BCUT2D eigenvalue weighted by molar-refractivity contribution is 7.91. The first-order valence-corrected chi connectivity index (χ1v) is 9.25. The molecule has 1 rings (SSSR count). The van der Waals surface area contributed by atoms with Gasteiger partial charge in [-0.1, -0.05) is 57.5 Å². The van der Waals surface area contributed by atoms with E-state index in [4.69, 9.17) is 0 Å². The molecule has 1 aromatic rings. The van der Waals surface area contributed by atoms with Crippen LogP contribution in [-0.4, -0.2) is 26.3 Å². The summed E-state index contributed by atoms with van der Waals surface area (Å²) in [5, 5.41) is 3.04.